The van der Waals surface area contributed by atoms with Gasteiger partial charge in [-0.25, -0.2) is 4.39 Å². The van der Waals surface area contributed by atoms with Gasteiger partial charge >= 0.3 is 0 Å². The summed E-state index contributed by atoms with van der Waals surface area (Å²) in [5.41, 5.74) is 9.05. The zero-order valence-corrected chi connectivity index (χ0v) is 10.6. The SMILES string of the molecule is Cc1cc(F)cc(C(N)C(C)c2ccncc2)c1. The van der Waals surface area contributed by atoms with E-state index in [0.717, 1.165) is 16.7 Å². The smallest absolute Gasteiger partial charge is 0.123 e. The highest BCUT2D eigenvalue weighted by atomic mass is 19.1. The highest BCUT2D eigenvalue weighted by Gasteiger charge is 2.17. The molecule has 18 heavy (non-hydrogen) atoms. The van der Waals surface area contributed by atoms with Crippen molar-refractivity contribution in [1.82, 2.24) is 4.98 Å². The van der Waals surface area contributed by atoms with E-state index in [2.05, 4.69) is 4.98 Å². The van der Waals surface area contributed by atoms with Crippen LogP contribution in [-0.2, 0) is 0 Å². The average molecular weight is 244 g/mol. The number of rotatable bonds is 3. The maximum atomic E-state index is 13.4. The Morgan fingerprint density at radius 3 is 2.39 bits per heavy atom. The molecular formula is C15H17FN2. The van der Waals surface area contributed by atoms with Crippen LogP contribution in [0.5, 0.6) is 0 Å². The van der Waals surface area contributed by atoms with Crippen molar-refractivity contribution in [3.8, 4) is 0 Å². The Morgan fingerprint density at radius 1 is 1.11 bits per heavy atom. The molecule has 0 amide bonds. The van der Waals surface area contributed by atoms with E-state index in [4.69, 9.17) is 5.73 Å². The van der Waals surface area contributed by atoms with Crippen molar-refractivity contribution in [2.45, 2.75) is 25.8 Å². The molecule has 2 nitrogen and oxygen atoms in total. The van der Waals surface area contributed by atoms with Gasteiger partial charge in [0.25, 0.3) is 0 Å². The molecule has 3 heteroatoms. The standard InChI is InChI=1S/C15H17FN2/c1-10-7-13(9-14(16)8-10)15(17)11(2)12-3-5-18-6-4-12/h3-9,11,15H,17H2,1-2H3. The monoisotopic (exact) mass is 244 g/mol. The summed E-state index contributed by atoms with van der Waals surface area (Å²) in [5.74, 6) is -0.114. The number of aromatic nitrogens is 1. The Labute approximate surface area is 107 Å². The minimum Gasteiger partial charge on any atom is -0.323 e. The summed E-state index contributed by atoms with van der Waals surface area (Å²) in [5, 5.41) is 0. The van der Waals surface area contributed by atoms with Crippen LogP contribution in [0.4, 0.5) is 4.39 Å². The summed E-state index contributed by atoms with van der Waals surface area (Å²) < 4.78 is 13.4. The number of nitrogens with zero attached hydrogens (tertiary/aromatic N) is 1. The van der Waals surface area contributed by atoms with Gasteiger partial charge in [0, 0.05) is 24.4 Å². The summed E-state index contributed by atoms with van der Waals surface area (Å²) >= 11 is 0. The molecule has 2 atom stereocenters. The van der Waals surface area contributed by atoms with Crippen LogP contribution in [0.15, 0.2) is 42.7 Å². The van der Waals surface area contributed by atoms with Crippen molar-refractivity contribution >= 4 is 0 Å². The predicted octanol–water partition coefficient (Wildman–Crippen LogP) is 3.33. The summed E-state index contributed by atoms with van der Waals surface area (Å²) in [6, 6.07) is 8.61. The number of aryl methyl sites for hydroxylation is 1. The first-order valence-electron chi connectivity index (χ1n) is 6.00. The van der Waals surface area contributed by atoms with Gasteiger partial charge in [0.1, 0.15) is 5.82 Å². The maximum absolute atomic E-state index is 13.4. The fraction of sp³-hybridized carbons (Fsp3) is 0.267. The first-order valence-corrected chi connectivity index (χ1v) is 6.00. The molecule has 2 unspecified atom stereocenters. The lowest BCUT2D eigenvalue weighted by molar-refractivity contribution is 0.581. The second-order valence-electron chi connectivity index (χ2n) is 4.66. The van der Waals surface area contributed by atoms with E-state index in [1.807, 2.05) is 32.0 Å². The van der Waals surface area contributed by atoms with Crippen LogP contribution in [0.2, 0.25) is 0 Å². The van der Waals surface area contributed by atoms with Crippen molar-refractivity contribution < 1.29 is 4.39 Å². The Bertz CT molecular complexity index is 505. The van der Waals surface area contributed by atoms with Gasteiger partial charge in [-0.2, -0.15) is 0 Å². The predicted molar refractivity (Wildman–Crippen MR) is 70.7 cm³/mol. The molecule has 2 N–H and O–H groups in total. The molecule has 0 saturated heterocycles. The van der Waals surface area contributed by atoms with Crippen molar-refractivity contribution in [3.63, 3.8) is 0 Å². The number of hydrogen-bond donors (Lipinski definition) is 1. The lowest BCUT2D eigenvalue weighted by atomic mass is 9.89. The Hall–Kier alpha value is -1.74. The highest BCUT2D eigenvalue weighted by molar-refractivity contribution is 5.29. The molecule has 1 aromatic carbocycles. The summed E-state index contributed by atoms with van der Waals surface area (Å²) in [6.07, 6.45) is 3.49. The van der Waals surface area contributed by atoms with Crippen LogP contribution in [0.3, 0.4) is 0 Å². The molecule has 0 fully saturated rings. The fourth-order valence-electron chi connectivity index (χ4n) is 2.12. The van der Waals surface area contributed by atoms with Gasteiger partial charge in [-0.1, -0.05) is 13.0 Å². The number of benzene rings is 1. The molecule has 1 heterocycles. The highest BCUT2D eigenvalue weighted by Crippen LogP contribution is 2.28. The molecule has 0 saturated carbocycles. The quantitative estimate of drug-likeness (QED) is 0.899. The summed E-state index contributed by atoms with van der Waals surface area (Å²) in [6.45, 7) is 3.91. The molecule has 0 spiro atoms. The second-order valence-corrected chi connectivity index (χ2v) is 4.66. The molecule has 2 rings (SSSR count). The van der Waals surface area contributed by atoms with Gasteiger partial charge in [-0.3, -0.25) is 4.98 Å². The molecule has 1 aromatic heterocycles. The summed E-state index contributed by atoms with van der Waals surface area (Å²) in [4.78, 5) is 3.99. The van der Waals surface area contributed by atoms with Gasteiger partial charge in [-0.05, 0) is 47.9 Å². The Morgan fingerprint density at radius 2 is 1.78 bits per heavy atom. The molecule has 0 aliphatic heterocycles. The van der Waals surface area contributed by atoms with Gasteiger partial charge in [0.15, 0.2) is 0 Å². The van der Waals surface area contributed by atoms with Crippen molar-refractivity contribution in [2.24, 2.45) is 5.73 Å². The van der Waals surface area contributed by atoms with Crippen LogP contribution in [0.1, 0.15) is 35.6 Å². The van der Waals surface area contributed by atoms with E-state index in [9.17, 15) is 4.39 Å². The maximum Gasteiger partial charge on any atom is 0.123 e. The molecule has 0 bridgehead atoms. The van der Waals surface area contributed by atoms with Gasteiger partial charge < -0.3 is 5.73 Å². The number of nitrogens with two attached hydrogens (primary N) is 1. The third-order valence-electron chi connectivity index (χ3n) is 3.22. The van der Waals surface area contributed by atoms with Gasteiger partial charge in [0.05, 0.1) is 0 Å². The van der Waals surface area contributed by atoms with Gasteiger partial charge in [0.2, 0.25) is 0 Å². The molecule has 0 aliphatic rings. The molecular weight excluding hydrogens is 227 g/mol. The van der Waals surface area contributed by atoms with Crippen LogP contribution in [0, 0.1) is 12.7 Å². The lowest BCUT2D eigenvalue weighted by Gasteiger charge is -2.21. The van der Waals surface area contributed by atoms with Gasteiger partial charge in [-0.15, -0.1) is 0 Å². The lowest BCUT2D eigenvalue weighted by Crippen LogP contribution is -2.18. The minimum absolute atomic E-state index is 0.120. The third kappa shape index (κ3) is 2.74. The first kappa shape index (κ1) is 12.7. The topological polar surface area (TPSA) is 38.9 Å². The van der Waals surface area contributed by atoms with E-state index in [0.29, 0.717) is 0 Å². The molecule has 94 valence electrons. The Kier molecular flexibility index (Phi) is 3.72. The van der Waals surface area contributed by atoms with Crippen molar-refractivity contribution in [2.75, 3.05) is 0 Å². The fourth-order valence-corrected chi connectivity index (χ4v) is 2.12. The van der Waals surface area contributed by atoms with Crippen LogP contribution >= 0.6 is 0 Å². The van der Waals surface area contributed by atoms with Crippen molar-refractivity contribution in [3.05, 3.63) is 65.2 Å². The number of halogens is 1. The molecule has 2 aromatic rings. The van der Waals surface area contributed by atoms with Crippen LogP contribution in [-0.4, -0.2) is 4.98 Å². The number of hydrogen-bond acceptors (Lipinski definition) is 2. The molecule has 0 aliphatic carbocycles. The zero-order chi connectivity index (χ0) is 13.1. The average Bonchev–Trinajstić information content (AvgIpc) is 2.37. The first-order chi connectivity index (χ1) is 8.58. The van der Waals surface area contributed by atoms with Crippen LogP contribution in [0.25, 0.3) is 0 Å². The van der Waals surface area contributed by atoms with Crippen molar-refractivity contribution in [1.29, 1.82) is 0 Å². The second kappa shape index (κ2) is 5.27. The largest absolute Gasteiger partial charge is 0.323 e. The molecule has 0 radical (unpaired) electrons. The normalized spacial score (nSPS) is 14.2. The van der Waals surface area contributed by atoms with E-state index >= 15 is 0 Å². The van der Waals surface area contributed by atoms with E-state index < -0.39 is 0 Å². The van der Waals surface area contributed by atoms with E-state index in [-0.39, 0.29) is 17.8 Å². The van der Waals surface area contributed by atoms with E-state index in [1.165, 1.54) is 12.1 Å². The zero-order valence-electron chi connectivity index (χ0n) is 10.6. The number of pyridine rings is 1. The van der Waals surface area contributed by atoms with Crippen LogP contribution < -0.4 is 5.73 Å². The summed E-state index contributed by atoms with van der Waals surface area (Å²) in [7, 11) is 0. The van der Waals surface area contributed by atoms with E-state index in [1.54, 1.807) is 12.4 Å². The third-order valence-corrected chi connectivity index (χ3v) is 3.22. The Balaban J connectivity index is 2.28. The minimum atomic E-state index is -0.234.